The van der Waals surface area contributed by atoms with Crippen molar-refractivity contribution in [2.45, 2.75) is 26.1 Å². The van der Waals surface area contributed by atoms with Crippen LogP contribution in [0.15, 0.2) is 24.5 Å². The predicted molar refractivity (Wildman–Crippen MR) is 72.9 cm³/mol. The lowest BCUT2D eigenvalue weighted by molar-refractivity contribution is 0.199. The van der Waals surface area contributed by atoms with Gasteiger partial charge in [-0.15, -0.1) is 10.2 Å². The van der Waals surface area contributed by atoms with Crippen LogP contribution in [0.2, 0.25) is 0 Å². The Kier molecular flexibility index (Phi) is 3.12. The number of hydrogen-bond acceptors (Lipinski definition) is 5. The smallest absolute Gasteiger partial charge is 0.152 e. The van der Waals surface area contributed by atoms with E-state index in [2.05, 4.69) is 21.2 Å². The Labute approximate surface area is 116 Å². The van der Waals surface area contributed by atoms with Gasteiger partial charge in [-0.2, -0.15) is 5.26 Å². The third-order valence-electron chi connectivity index (χ3n) is 3.59. The summed E-state index contributed by atoms with van der Waals surface area (Å²) >= 11 is 0. The Balaban J connectivity index is 1.99. The number of anilines is 1. The van der Waals surface area contributed by atoms with E-state index in [0.29, 0.717) is 12.1 Å². The van der Waals surface area contributed by atoms with Crippen LogP contribution in [0.3, 0.4) is 0 Å². The number of aliphatic hydroxyl groups excluding tert-OH is 1. The maximum atomic E-state index is 9.91. The van der Waals surface area contributed by atoms with Crippen LogP contribution < -0.4 is 4.90 Å². The third kappa shape index (κ3) is 2.12. The monoisotopic (exact) mass is 269 g/mol. The zero-order chi connectivity index (χ0) is 14.1. The molecule has 0 saturated heterocycles. The van der Waals surface area contributed by atoms with Crippen LogP contribution >= 0.6 is 0 Å². The molecule has 0 radical (unpaired) electrons. The fraction of sp³-hybridized carbons (Fsp3) is 0.357. The summed E-state index contributed by atoms with van der Waals surface area (Å²) in [6, 6.07) is 7.52. The molecule has 1 aliphatic heterocycles. The second-order valence-electron chi connectivity index (χ2n) is 4.92. The van der Waals surface area contributed by atoms with Gasteiger partial charge >= 0.3 is 0 Å². The van der Waals surface area contributed by atoms with Gasteiger partial charge in [0.05, 0.1) is 24.3 Å². The van der Waals surface area contributed by atoms with Crippen LogP contribution in [0, 0.1) is 11.3 Å². The van der Waals surface area contributed by atoms with Crippen LogP contribution in [0.1, 0.15) is 30.0 Å². The molecule has 0 saturated carbocycles. The predicted octanol–water partition coefficient (Wildman–Crippen LogP) is 1.22. The highest BCUT2D eigenvalue weighted by Crippen LogP contribution is 2.29. The first-order valence-electron chi connectivity index (χ1n) is 6.53. The molecule has 0 amide bonds. The SMILES string of the molecule is C[C@H](O)c1ccc(C#N)cc1N1CCn2cnnc2C1. The fourth-order valence-electron chi connectivity index (χ4n) is 2.51. The Morgan fingerprint density at radius 2 is 2.25 bits per heavy atom. The largest absolute Gasteiger partial charge is 0.389 e. The number of benzene rings is 1. The minimum atomic E-state index is -0.572. The first kappa shape index (κ1) is 12.6. The van der Waals surface area contributed by atoms with Crippen molar-refractivity contribution in [2.75, 3.05) is 11.4 Å². The fourth-order valence-corrected chi connectivity index (χ4v) is 2.51. The molecule has 0 bridgehead atoms. The van der Waals surface area contributed by atoms with Gasteiger partial charge in [0.25, 0.3) is 0 Å². The summed E-state index contributed by atoms with van der Waals surface area (Å²) in [6.45, 7) is 3.98. The van der Waals surface area contributed by atoms with Crippen LogP contribution in [0.25, 0.3) is 0 Å². The zero-order valence-electron chi connectivity index (χ0n) is 11.2. The van der Waals surface area contributed by atoms with Gasteiger partial charge in [0, 0.05) is 24.3 Å². The molecule has 0 spiro atoms. The molecule has 3 rings (SSSR count). The van der Waals surface area contributed by atoms with Crippen LogP contribution in [-0.2, 0) is 13.1 Å². The number of nitriles is 1. The van der Waals surface area contributed by atoms with Gasteiger partial charge in [-0.05, 0) is 19.1 Å². The molecule has 1 N–H and O–H groups in total. The molecule has 6 nitrogen and oxygen atoms in total. The summed E-state index contributed by atoms with van der Waals surface area (Å²) in [5, 5.41) is 27.0. The van der Waals surface area contributed by atoms with Crippen LogP contribution in [0.4, 0.5) is 5.69 Å². The van der Waals surface area contributed by atoms with Gasteiger partial charge in [-0.1, -0.05) is 6.07 Å². The van der Waals surface area contributed by atoms with Crippen molar-refractivity contribution in [2.24, 2.45) is 0 Å². The molecule has 0 unspecified atom stereocenters. The normalized spacial score (nSPS) is 15.6. The lowest BCUT2D eigenvalue weighted by Crippen LogP contribution is -2.34. The number of fused-ring (bicyclic) bond motifs is 1. The second-order valence-corrected chi connectivity index (χ2v) is 4.92. The Morgan fingerprint density at radius 1 is 1.40 bits per heavy atom. The lowest BCUT2D eigenvalue weighted by Gasteiger charge is -2.31. The van der Waals surface area contributed by atoms with Gasteiger partial charge in [0.1, 0.15) is 6.33 Å². The van der Waals surface area contributed by atoms with Crippen molar-refractivity contribution in [3.05, 3.63) is 41.5 Å². The second kappa shape index (κ2) is 4.94. The van der Waals surface area contributed by atoms with Gasteiger partial charge in [-0.25, -0.2) is 0 Å². The Bertz CT molecular complexity index is 670. The van der Waals surface area contributed by atoms with E-state index in [4.69, 9.17) is 5.26 Å². The number of aliphatic hydroxyl groups is 1. The van der Waals surface area contributed by atoms with Crippen LogP contribution in [0.5, 0.6) is 0 Å². The molecule has 1 atom stereocenters. The summed E-state index contributed by atoms with van der Waals surface area (Å²) in [5.74, 6) is 0.898. The summed E-state index contributed by atoms with van der Waals surface area (Å²) in [7, 11) is 0. The Hall–Kier alpha value is -2.39. The van der Waals surface area contributed by atoms with E-state index in [1.165, 1.54) is 0 Å². The van der Waals surface area contributed by atoms with Crippen molar-refractivity contribution in [1.29, 1.82) is 5.26 Å². The lowest BCUT2D eigenvalue weighted by atomic mass is 10.0. The first-order valence-corrected chi connectivity index (χ1v) is 6.53. The van der Waals surface area contributed by atoms with Crippen molar-refractivity contribution >= 4 is 5.69 Å². The third-order valence-corrected chi connectivity index (χ3v) is 3.59. The van der Waals surface area contributed by atoms with E-state index in [1.54, 1.807) is 19.3 Å². The molecule has 1 aliphatic rings. The van der Waals surface area contributed by atoms with Crippen molar-refractivity contribution < 1.29 is 5.11 Å². The number of aromatic nitrogens is 3. The van der Waals surface area contributed by atoms with Crippen molar-refractivity contribution in [1.82, 2.24) is 14.8 Å². The van der Waals surface area contributed by atoms with E-state index >= 15 is 0 Å². The summed E-state index contributed by atoms with van der Waals surface area (Å²) in [4.78, 5) is 2.13. The van der Waals surface area contributed by atoms with Crippen molar-refractivity contribution in [3.63, 3.8) is 0 Å². The minimum Gasteiger partial charge on any atom is -0.389 e. The van der Waals surface area contributed by atoms with E-state index in [0.717, 1.165) is 30.2 Å². The zero-order valence-corrected chi connectivity index (χ0v) is 11.2. The highest BCUT2D eigenvalue weighted by molar-refractivity contribution is 5.58. The molecule has 6 heteroatoms. The summed E-state index contributed by atoms with van der Waals surface area (Å²) in [6.07, 6.45) is 1.16. The van der Waals surface area contributed by atoms with E-state index in [-0.39, 0.29) is 0 Å². The average Bonchev–Trinajstić information content (AvgIpc) is 2.93. The molecule has 1 aromatic heterocycles. The maximum absolute atomic E-state index is 9.91. The minimum absolute atomic E-state index is 0.572. The topological polar surface area (TPSA) is 78.0 Å². The van der Waals surface area contributed by atoms with Crippen LogP contribution in [-0.4, -0.2) is 26.4 Å². The van der Waals surface area contributed by atoms with Gasteiger partial charge < -0.3 is 14.6 Å². The molecular formula is C14H15N5O. The van der Waals surface area contributed by atoms with Gasteiger partial charge in [0.2, 0.25) is 0 Å². The maximum Gasteiger partial charge on any atom is 0.152 e. The molecule has 102 valence electrons. The van der Waals surface area contributed by atoms with E-state index in [9.17, 15) is 5.11 Å². The van der Waals surface area contributed by atoms with Gasteiger partial charge in [0.15, 0.2) is 5.82 Å². The standard InChI is InChI=1S/C14H15N5O/c1-10(20)12-3-2-11(7-15)6-13(12)18-4-5-19-9-16-17-14(19)8-18/h2-3,6,9-10,20H,4-5,8H2,1H3/t10-/m0/s1. The molecule has 0 aliphatic carbocycles. The first-order chi connectivity index (χ1) is 9.69. The molecule has 1 aromatic carbocycles. The summed E-state index contributed by atoms with van der Waals surface area (Å²) < 4.78 is 2.02. The molecular weight excluding hydrogens is 254 g/mol. The Morgan fingerprint density at radius 3 is 3.00 bits per heavy atom. The van der Waals surface area contributed by atoms with Gasteiger partial charge in [-0.3, -0.25) is 0 Å². The number of rotatable bonds is 2. The quantitative estimate of drug-likeness (QED) is 0.887. The number of nitrogens with zero attached hydrogens (tertiary/aromatic N) is 5. The molecule has 0 fully saturated rings. The summed E-state index contributed by atoms with van der Waals surface area (Å²) in [5.41, 5.74) is 2.32. The highest BCUT2D eigenvalue weighted by atomic mass is 16.3. The van der Waals surface area contributed by atoms with E-state index in [1.807, 2.05) is 16.7 Å². The molecule has 2 aromatic rings. The van der Waals surface area contributed by atoms with E-state index < -0.39 is 6.10 Å². The highest BCUT2D eigenvalue weighted by Gasteiger charge is 2.21. The molecule has 2 heterocycles. The van der Waals surface area contributed by atoms with Crippen molar-refractivity contribution in [3.8, 4) is 6.07 Å². The molecule has 20 heavy (non-hydrogen) atoms. The number of hydrogen-bond donors (Lipinski definition) is 1. The average molecular weight is 269 g/mol.